The van der Waals surface area contributed by atoms with Crippen molar-refractivity contribution in [2.24, 2.45) is 5.92 Å². The van der Waals surface area contributed by atoms with Crippen molar-refractivity contribution in [1.82, 2.24) is 0 Å². The Balaban J connectivity index is 5.16. The van der Waals surface area contributed by atoms with Gasteiger partial charge in [0, 0.05) is 25.7 Å². The molecule has 0 saturated heterocycles. The number of phosphoric ester groups is 2. The van der Waals surface area contributed by atoms with E-state index in [4.69, 9.17) is 37.0 Å². The van der Waals surface area contributed by atoms with E-state index in [0.29, 0.717) is 25.7 Å². The van der Waals surface area contributed by atoms with Gasteiger partial charge in [-0.1, -0.05) is 298 Å². The molecule has 19 heteroatoms. The molecule has 0 aliphatic rings. The SMILES string of the molecule is CCCCCCCCCCCCCCCCCCCC(=O)O[C@H](COC(=O)CCCCCCCCCCCCCCC)COP(=O)(O)OC[C@@H](O)COP(=O)(O)OC[C@@H](COC(=O)CCCCCCC)OC(=O)CCCCCCCCCCCC(C)C. The third kappa shape index (κ3) is 62.6. The maximum absolute atomic E-state index is 13.0. The Morgan fingerprint density at radius 3 is 0.782 bits per heavy atom. The maximum atomic E-state index is 13.0. The largest absolute Gasteiger partial charge is 0.472 e. The Morgan fingerprint density at radius 1 is 0.310 bits per heavy atom. The molecule has 0 aliphatic carbocycles. The van der Waals surface area contributed by atoms with E-state index in [0.717, 1.165) is 102 Å². The summed E-state index contributed by atoms with van der Waals surface area (Å²) in [6.45, 7) is 7.12. The first-order chi connectivity index (χ1) is 42.0. The molecule has 0 aromatic rings. The molecule has 87 heavy (non-hydrogen) atoms. The number of aliphatic hydroxyl groups is 1. The van der Waals surface area contributed by atoms with Gasteiger partial charge in [0.1, 0.15) is 19.3 Å². The van der Waals surface area contributed by atoms with Gasteiger partial charge in [0.25, 0.3) is 0 Å². The average Bonchev–Trinajstić information content (AvgIpc) is 3.53. The number of esters is 4. The second-order valence-corrected chi connectivity index (χ2v) is 27.9. The highest BCUT2D eigenvalue weighted by atomic mass is 31.2. The first kappa shape index (κ1) is 85.1. The summed E-state index contributed by atoms with van der Waals surface area (Å²) in [7, 11) is -9.89. The van der Waals surface area contributed by atoms with Gasteiger partial charge in [-0.05, 0) is 31.6 Å². The fraction of sp³-hybridized carbons (Fsp3) is 0.941. The predicted octanol–water partition coefficient (Wildman–Crippen LogP) is 19.4. The molecule has 5 atom stereocenters. The van der Waals surface area contributed by atoms with Crippen molar-refractivity contribution in [3.05, 3.63) is 0 Å². The number of rotatable bonds is 68. The molecule has 0 bridgehead atoms. The summed E-state index contributed by atoms with van der Waals surface area (Å²) < 4.78 is 68.0. The van der Waals surface area contributed by atoms with Gasteiger partial charge in [0.15, 0.2) is 12.2 Å². The monoisotopic (exact) mass is 1280 g/mol. The summed E-state index contributed by atoms with van der Waals surface area (Å²) in [6.07, 6.45) is 47.5. The van der Waals surface area contributed by atoms with Crippen LogP contribution in [0.1, 0.15) is 349 Å². The summed E-state index contributed by atoms with van der Waals surface area (Å²) in [5.74, 6) is -1.40. The van der Waals surface area contributed by atoms with Crippen molar-refractivity contribution >= 4 is 39.5 Å². The van der Waals surface area contributed by atoms with Crippen LogP contribution in [0.5, 0.6) is 0 Å². The van der Waals surface area contributed by atoms with E-state index in [-0.39, 0.29) is 25.7 Å². The van der Waals surface area contributed by atoms with E-state index < -0.39 is 97.5 Å². The Morgan fingerprint density at radius 2 is 0.529 bits per heavy atom. The van der Waals surface area contributed by atoms with Crippen LogP contribution in [0, 0.1) is 5.92 Å². The number of carbonyl (C=O) groups excluding carboxylic acids is 4. The highest BCUT2D eigenvalue weighted by Gasteiger charge is 2.30. The van der Waals surface area contributed by atoms with Crippen molar-refractivity contribution in [3.8, 4) is 0 Å². The molecule has 0 spiro atoms. The molecule has 0 rings (SSSR count). The van der Waals surface area contributed by atoms with Crippen molar-refractivity contribution in [2.75, 3.05) is 39.6 Å². The van der Waals surface area contributed by atoms with Crippen molar-refractivity contribution < 1.29 is 80.2 Å². The van der Waals surface area contributed by atoms with E-state index in [9.17, 15) is 43.2 Å². The molecule has 3 N–H and O–H groups in total. The second-order valence-electron chi connectivity index (χ2n) is 25.0. The van der Waals surface area contributed by atoms with E-state index in [1.807, 2.05) is 0 Å². The molecule has 0 heterocycles. The number of hydrogen-bond donors (Lipinski definition) is 3. The molecule has 0 aromatic carbocycles. The fourth-order valence-corrected chi connectivity index (χ4v) is 11.9. The van der Waals surface area contributed by atoms with Crippen LogP contribution in [0.2, 0.25) is 0 Å². The zero-order chi connectivity index (χ0) is 64.2. The number of aliphatic hydroxyl groups excluding tert-OH is 1. The fourth-order valence-electron chi connectivity index (χ4n) is 10.3. The van der Waals surface area contributed by atoms with Crippen molar-refractivity contribution in [1.29, 1.82) is 0 Å². The lowest BCUT2D eigenvalue weighted by atomic mass is 10.0. The Labute approximate surface area is 530 Å². The van der Waals surface area contributed by atoms with Gasteiger partial charge < -0.3 is 33.8 Å². The van der Waals surface area contributed by atoms with Crippen LogP contribution in [-0.4, -0.2) is 96.7 Å². The number of hydrogen-bond acceptors (Lipinski definition) is 15. The third-order valence-corrected chi connectivity index (χ3v) is 17.7. The molecular formula is C68H132O17P2. The van der Waals surface area contributed by atoms with Gasteiger partial charge in [-0.25, -0.2) is 9.13 Å². The molecule has 0 aromatic heterocycles. The molecule has 0 fully saturated rings. The first-order valence-electron chi connectivity index (χ1n) is 35.6. The Kier molecular flexibility index (Phi) is 60.2. The van der Waals surface area contributed by atoms with E-state index in [1.54, 1.807) is 0 Å². The topological polar surface area (TPSA) is 237 Å². The summed E-state index contributed by atoms with van der Waals surface area (Å²) in [5, 5.41) is 10.5. The smallest absolute Gasteiger partial charge is 0.462 e. The van der Waals surface area contributed by atoms with Gasteiger partial charge in [0.2, 0.25) is 0 Å². The standard InChI is InChI=1S/C68H132O17P2/c1-6-9-12-15-17-19-21-23-24-25-26-28-30-34-38-43-48-53-67(72)85-64(58-79-66(71)52-47-42-37-33-29-27-22-20-18-16-13-10-7-2)60-83-87(76,77)81-56-62(69)55-80-86(74,75)82-59-63(57-78-65(70)51-46-40-14-11-8-3)84-68(73)54-49-44-39-35-31-32-36-41-45-50-61(4)5/h61-64,69H,6-60H2,1-5H3,(H,74,75)(H,76,77)/t62-,63+,64+/m0/s1. The highest BCUT2D eigenvalue weighted by molar-refractivity contribution is 7.47. The summed E-state index contributed by atoms with van der Waals surface area (Å²) in [4.78, 5) is 72.2. The molecule has 2 unspecified atom stereocenters. The number of phosphoric acid groups is 2. The molecule has 0 aliphatic heterocycles. The second kappa shape index (κ2) is 61.6. The molecular weight excluding hydrogens is 1150 g/mol. The van der Waals surface area contributed by atoms with Crippen LogP contribution in [0.3, 0.4) is 0 Å². The zero-order valence-corrected chi connectivity index (χ0v) is 57.9. The molecule has 0 amide bonds. The van der Waals surface area contributed by atoms with Gasteiger partial charge in [-0.2, -0.15) is 0 Å². The number of ether oxygens (including phenoxy) is 4. The maximum Gasteiger partial charge on any atom is 0.472 e. The predicted molar refractivity (Wildman–Crippen MR) is 349 cm³/mol. The van der Waals surface area contributed by atoms with Crippen LogP contribution < -0.4 is 0 Å². The Hall–Kier alpha value is -1.94. The van der Waals surface area contributed by atoms with Crippen LogP contribution in [0.15, 0.2) is 0 Å². The zero-order valence-electron chi connectivity index (χ0n) is 56.2. The molecule has 17 nitrogen and oxygen atoms in total. The van der Waals surface area contributed by atoms with Crippen LogP contribution in [0.25, 0.3) is 0 Å². The minimum absolute atomic E-state index is 0.105. The van der Waals surface area contributed by atoms with E-state index >= 15 is 0 Å². The first-order valence-corrected chi connectivity index (χ1v) is 38.6. The third-order valence-electron chi connectivity index (χ3n) is 15.8. The summed E-state index contributed by atoms with van der Waals surface area (Å²) >= 11 is 0. The number of carbonyl (C=O) groups is 4. The lowest BCUT2D eigenvalue weighted by Gasteiger charge is -2.21. The summed E-state index contributed by atoms with van der Waals surface area (Å²) in [6, 6.07) is 0. The lowest BCUT2D eigenvalue weighted by molar-refractivity contribution is -0.161. The highest BCUT2D eigenvalue weighted by Crippen LogP contribution is 2.45. The molecule has 0 saturated carbocycles. The minimum atomic E-state index is -4.95. The van der Waals surface area contributed by atoms with Crippen molar-refractivity contribution in [2.45, 2.75) is 368 Å². The van der Waals surface area contributed by atoms with E-state index in [2.05, 4.69) is 34.6 Å². The minimum Gasteiger partial charge on any atom is -0.462 e. The van der Waals surface area contributed by atoms with Crippen LogP contribution in [0.4, 0.5) is 0 Å². The van der Waals surface area contributed by atoms with Crippen molar-refractivity contribution in [3.63, 3.8) is 0 Å². The normalized spacial score (nSPS) is 14.1. The molecule has 0 radical (unpaired) electrons. The van der Waals surface area contributed by atoms with Gasteiger partial charge in [-0.15, -0.1) is 0 Å². The quantitative estimate of drug-likeness (QED) is 0.0222. The van der Waals surface area contributed by atoms with E-state index in [1.165, 1.54) is 167 Å². The average molecular weight is 1280 g/mol. The van der Waals surface area contributed by atoms with Gasteiger partial charge in [-0.3, -0.25) is 37.3 Å². The van der Waals surface area contributed by atoms with Crippen LogP contribution >= 0.6 is 15.6 Å². The van der Waals surface area contributed by atoms with Gasteiger partial charge in [0.05, 0.1) is 26.4 Å². The lowest BCUT2D eigenvalue weighted by Crippen LogP contribution is -2.30. The molecule has 516 valence electrons. The Bertz CT molecular complexity index is 1690. The number of unbranched alkanes of at least 4 members (excludes halogenated alkanes) is 40. The van der Waals surface area contributed by atoms with Crippen LogP contribution in [-0.2, 0) is 65.4 Å². The summed E-state index contributed by atoms with van der Waals surface area (Å²) in [5.41, 5.74) is 0. The van der Waals surface area contributed by atoms with Gasteiger partial charge >= 0.3 is 39.5 Å².